The summed E-state index contributed by atoms with van der Waals surface area (Å²) in [5.74, 6) is 0.625. The molecule has 1 unspecified atom stereocenters. The van der Waals surface area contributed by atoms with Crippen LogP contribution in [-0.4, -0.2) is 43.0 Å². The van der Waals surface area contributed by atoms with Gasteiger partial charge in [0.1, 0.15) is 0 Å². The third-order valence-corrected chi connectivity index (χ3v) is 5.97. The van der Waals surface area contributed by atoms with E-state index in [0.29, 0.717) is 18.7 Å². The molecule has 3 amide bonds. The van der Waals surface area contributed by atoms with Crippen LogP contribution in [0, 0.1) is 12.8 Å². The second kappa shape index (κ2) is 8.88. The number of anilines is 2. The van der Waals surface area contributed by atoms with Gasteiger partial charge in [0, 0.05) is 43.1 Å². The maximum Gasteiger partial charge on any atom is 0.322 e. The highest BCUT2D eigenvalue weighted by Gasteiger charge is 2.23. The topological polar surface area (TPSA) is 64.7 Å². The lowest BCUT2D eigenvalue weighted by molar-refractivity contribution is 0.102. The number of nitrogens with one attached hydrogen (secondary N) is 2. The smallest absolute Gasteiger partial charge is 0.322 e. The summed E-state index contributed by atoms with van der Waals surface area (Å²) in [6, 6.07) is 13.5. The third kappa shape index (κ3) is 4.65. The van der Waals surface area contributed by atoms with Crippen molar-refractivity contribution >= 4 is 23.3 Å². The Morgan fingerprint density at radius 1 is 1.17 bits per heavy atom. The van der Waals surface area contributed by atoms with Crippen LogP contribution in [0.1, 0.15) is 41.3 Å². The summed E-state index contributed by atoms with van der Waals surface area (Å²) in [5, 5.41) is 5.78. The Labute approximate surface area is 178 Å². The molecule has 0 radical (unpaired) electrons. The van der Waals surface area contributed by atoms with E-state index in [1.165, 1.54) is 18.4 Å². The lowest BCUT2D eigenvalue weighted by Gasteiger charge is -2.30. The van der Waals surface area contributed by atoms with E-state index in [2.05, 4.69) is 34.6 Å². The number of urea groups is 1. The van der Waals surface area contributed by atoms with Crippen LogP contribution in [0.5, 0.6) is 0 Å². The van der Waals surface area contributed by atoms with E-state index in [9.17, 15) is 9.59 Å². The van der Waals surface area contributed by atoms with Gasteiger partial charge < -0.3 is 10.6 Å². The minimum atomic E-state index is -0.145. The third-order valence-electron chi connectivity index (χ3n) is 5.97. The number of hydrogen-bond donors (Lipinski definition) is 2. The average molecular weight is 407 g/mol. The van der Waals surface area contributed by atoms with Crippen molar-refractivity contribution in [1.29, 1.82) is 0 Å². The Hall–Kier alpha value is -2.86. The fourth-order valence-corrected chi connectivity index (χ4v) is 4.39. The maximum absolute atomic E-state index is 12.7. The van der Waals surface area contributed by atoms with Crippen molar-refractivity contribution in [3.63, 3.8) is 0 Å². The van der Waals surface area contributed by atoms with Crippen molar-refractivity contribution < 1.29 is 9.59 Å². The molecule has 0 bridgehead atoms. The van der Waals surface area contributed by atoms with Crippen LogP contribution in [0.2, 0.25) is 0 Å². The summed E-state index contributed by atoms with van der Waals surface area (Å²) in [5.41, 5.74) is 4.40. The van der Waals surface area contributed by atoms with Gasteiger partial charge >= 0.3 is 6.03 Å². The standard InChI is InChI=1S/C24H30N4O2/c1-17-4-3-12-27(15-17)16-19-5-8-21(9-6-19)26-23(29)20-7-10-22(18(2)14-20)28-13-11-25-24(28)30/h5-10,14,17H,3-4,11-13,15-16H2,1-2H3,(H,25,30)(H,26,29). The molecule has 2 saturated heterocycles. The summed E-state index contributed by atoms with van der Waals surface area (Å²) >= 11 is 0. The van der Waals surface area contributed by atoms with Crippen LogP contribution in [0.4, 0.5) is 16.2 Å². The van der Waals surface area contributed by atoms with Gasteiger partial charge in [-0.3, -0.25) is 14.6 Å². The van der Waals surface area contributed by atoms with Crippen LogP contribution < -0.4 is 15.5 Å². The van der Waals surface area contributed by atoms with E-state index in [1.54, 1.807) is 11.0 Å². The Morgan fingerprint density at radius 3 is 2.63 bits per heavy atom. The molecule has 158 valence electrons. The van der Waals surface area contributed by atoms with Crippen molar-refractivity contribution in [2.75, 3.05) is 36.4 Å². The monoisotopic (exact) mass is 406 g/mol. The summed E-state index contributed by atoms with van der Waals surface area (Å²) < 4.78 is 0. The highest BCUT2D eigenvalue weighted by Crippen LogP contribution is 2.24. The minimum absolute atomic E-state index is 0.0885. The summed E-state index contributed by atoms with van der Waals surface area (Å²) in [7, 11) is 0. The molecule has 2 aliphatic heterocycles. The van der Waals surface area contributed by atoms with Crippen molar-refractivity contribution in [2.24, 2.45) is 5.92 Å². The van der Waals surface area contributed by atoms with Gasteiger partial charge in [-0.2, -0.15) is 0 Å². The molecule has 0 saturated carbocycles. The van der Waals surface area contributed by atoms with E-state index in [4.69, 9.17) is 0 Å². The molecule has 2 aliphatic rings. The first-order chi connectivity index (χ1) is 14.5. The number of aryl methyl sites for hydroxylation is 1. The SMILES string of the molecule is Cc1cc(C(=O)Nc2ccc(CN3CCCC(C)C3)cc2)ccc1N1CCNC1=O. The molecule has 1 atom stereocenters. The Bertz CT molecular complexity index is 925. The molecule has 2 aromatic rings. The number of carbonyl (C=O) groups excluding carboxylic acids is 2. The minimum Gasteiger partial charge on any atom is -0.336 e. The first kappa shape index (κ1) is 20.4. The normalized spacial score (nSPS) is 19.6. The Morgan fingerprint density at radius 2 is 1.97 bits per heavy atom. The zero-order valence-corrected chi connectivity index (χ0v) is 17.8. The molecule has 6 heteroatoms. The summed E-state index contributed by atoms with van der Waals surface area (Å²) in [6.45, 7) is 8.82. The van der Waals surface area contributed by atoms with Crippen molar-refractivity contribution in [3.8, 4) is 0 Å². The fraction of sp³-hybridized carbons (Fsp3) is 0.417. The van der Waals surface area contributed by atoms with E-state index in [0.717, 1.165) is 42.5 Å². The largest absolute Gasteiger partial charge is 0.336 e. The molecule has 4 rings (SSSR count). The van der Waals surface area contributed by atoms with E-state index < -0.39 is 0 Å². The zero-order chi connectivity index (χ0) is 21.1. The molecule has 2 aromatic carbocycles. The lowest BCUT2D eigenvalue weighted by atomic mass is 10.00. The van der Waals surface area contributed by atoms with Gasteiger partial charge in [-0.15, -0.1) is 0 Å². The van der Waals surface area contributed by atoms with Crippen molar-refractivity contribution in [2.45, 2.75) is 33.2 Å². The molecule has 0 spiro atoms. The van der Waals surface area contributed by atoms with E-state index in [1.807, 2.05) is 31.2 Å². The van der Waals surface area contributed by atoms with Gasteiger partial charge in [0.2, 0.25) is 0 Å². The number of rotatable bonds is 5. The molecule has 2 fully saturated rings. The molecular weight excluding hydrogens is 376 g/mol. The maximum atomic E-state index is 12.7. The van der Waals surface area contributed by atoms with Gasteiger partial charge in [0.15, 0.2) is 0 Å². The number of nitrogens with zero attached hydrogens (tertiary/aromatic N) is 2. The second-order valence-corrected chi connectivity index (χ2v) is 8.52. The molecule has 2 N–H and O–H groups in total. The van der Waals surface area contributed by atoms with Gasteiger partial charge in [-0.1, -0.05) is 19.1 Å². The van der Waals surface area contributed by atoms with Gasteiger partial charge in [0.05, 0.1) is 0 Å². The van der Waals surface area contributed by atoms with Crippen molar-refractivity contribution in [1.82, 2.24) is 10.2 Å². The summed E-state index contributed by atoms with van der Waals surface area (Å²) in [4.78, 5) is 28.8. The molecule has 2 heterocycles. The van der Waals surface area contributed by atoms with Crippen LogP contribution in [0.15, 0.2) is 42.5 Å². The van der Waals surface area contributed by atoms with E-state index in [-0.39, 0.29) is 11.9 Å². The van der Waals surface area contributed by atoms with Crippen LogP contribution in [-0.2, 0) is 6.54 Å². The van der Waals surface area contributed by atoms with Gasteiger partial charge in [-0.05, 0) is 73.7 Å². The number of hydrogen-bond acceptors (Lipinski definition) is 3. The number of benzene rings is 2. The Balaban J connectivity index is 1.37. The van der Waals surface area contributed by atoms with Crippen LogP contribution in [0.3, 0.4) is 0 Å². The van der Waals surface area contributed by atoms with Crippen LogP contribution >= 0.6 is 0 Å². The molecule has 6 nitrogen and oxygen atoms in total. The first-order valence-electron chi connectivity index (χ1n) is 10.8. The first-order valence-corrected chi connectivity index (χ1v) is 10.8. The molecular formula is C24H30N4O2. The number of carbonyl (C=O) groups is 2. The number of likely N-dealkylation sites (tertiary alicyclic amines) is 1. The average Bonchev–Trinajstić information content (AvgIpc) is 3.15. The fourth-order valence-electron chi connectivity index (χ4n) is 4.39. The predicted molar refractivity (Wildman–Crippen MR) is 120 cm³/mol. The van der Waals surface area contributed by atoms with Gasteiger partial charge in [0.25, 0.3) is 5.91 Å². The highest BCUT2D eigenvalue weighted by atomic mass is 16.2. The van der Waals surface area contributed by atoms with E-state index >= 15 is 0 Å². The number of piperidine rings is 1. The van der Waals surface area contributed by atoms with Gasteiger partial charge in [-0.25, -0.2) is 4.79 Å². The predicted octanol–water partition coefficient (Wildman–Crippen LogP) is 4.01. The molecule has 0 aliphatic carbocycles. The number of amides is 3. The lowest BCUT2D eigenvalue weighted by Crippen LogP contribution is -2.33. The summed E-state index contributed by atoms with van der Waals surface area (Å²) in [6.07, 6.45) is 2.60. The second-order valence-electron chi connectivity index (χ2n) is 8.52. The zero-order valence-electron chi connectivity index (χ0n) is 17.8. The molecule has 0 aromatic heterocycles. The highest BCUT2D eigenvalue weighted by molar-refractivity contribution is 6.05. The van der Waals surface area contributed by atoms with Crippen molar-refractivity contribution in [3.05, 3.63) is 59.2 Å². The Kier molecular flexibility index (Phi) is 6.04. The van der Waals surface area contributed by atoms with Crippen LogP contribution in [0.25, 0.3) is 0 Å². The quantitative estimate of drug-likeness (QED) is 0.789. The molecule has 30 heavy (non-hydrogen) atoms.